The number of nitrogens with zero attached hydrogens (tertiary/aromatic N) is 5. The Kier molecular flexibility index (Phi) is 7.15. The fourth-order valence-corrected chi connectivity index (χ4v) is 4.55. The number of hydrogen-bond acceptors (Lipinski definition) is 6. The summed E-state index contributed by atoms with van der Waals surface area (Å²) in [5.41, 5.74) is 3.15. The van der Waals surface area contributed by atoms with E-state index in [0.717, 1.165) is 11.2 Å². The molecule has 3 N–H and O–H groups in total. The Morgan fingerprint density at radius 3 is 2.45 bits per heavy atom. The first-order valence-corrected chi connectivity index (χ1v) is 12.4. The smallest absolute Gasteiger partial charge is 0.322 e. The number of carbonyl (C=O) groups excluding carboxylic acids is 2. The first-order valence-electron chi connectivity index (χ1n) is 12.4. The van der Waals surface area contributed by atoms with E-state index in [2.05, 4.69) is 15.7 Å². The summed E-state index contributed by atoms with van der Waals surface area (Å²) >= 11 is 0. The van der Waals surface area contributed by atoms with Gasteiger partial charge in [-0.1, -0.05) is 30.3 Å². The molecule has 0 saturated heterocycles. The fourth-order valence-electron chi connectivity index (χ4n) is 4.55. The van der Waals surface area contributed by atoms with Gasteiger partial charge in [-0.25, -0.2) is 4.39 Å². The number of carbonyl (C=O) groups is 3. The molecule has 2 heterocycles. The van der Waals surface area contributed by atoms with Gasteiger partial charge in [-0.2, -0.15) is 10.2 Å². The van der Waals surface area contributed by atoms with Crippen LogP contribution in [0.1, 0.15) is 0 Å². The monoisotopic (exact) mass is 543 g/mol. The lowest BCUT2D eigenvalue weighted by molar-refractivity contribution is -0.137. The Morgan fingerprint density at radius 2 is 1.70 bits per heavy atom. The Morgan fingerprint density at radius 1 is 0.950 bits per heavy atom. The van der Waals surface area contributed by atoms with E-state index >= 15 is 4.39 Å². The van der Waals surface area contributed by atoms with Gasteiger partial charge < -0.3 is 20.6 Å². The van der Waals surface area contributed by atoms with Crippen LogP contribution in [-0.2, 0) is 28.0 Å². The number of hydrogen-bond donors (Lipinski definition) is 3. The second-order valence-electron chi connectivity index (χ2n) is 9.18. The maximum absolute atomic E-state index is 15.5. The number of halogens is 1. The number of benzene rings is 3. The summed E-state index contributed by atoms with van der Waals surface area (Å²) in [6, 6.07) is 18.1. The molecule has 40 heavy (non-hydrogen) atoms. The normalized spacial score (nSPS) is 11.1. The maximum atomic E-state index is 15.5. The molecule has 0 aliphatic heterocycles. The van der Waals surface area contributed by atoms with Crippen LogP contribution < -0.4 is 15.5 Å². The number of aryl methyl sites for hydroxylation is 1. The van der Waals surface area contributed by atoms with Crippen molar-refractivity contribution in [3.05, 3.63) is 72.7 Å². The number of carboxylic acids is 1. The summed E-state index contributed by atoms with van der Waals surface area (Å²) in [7, 11) is 3.63. The number of nitrogens with one attached hydrogen (secondary N) is 2. The van der Waals surface area contributed by atoms with Crippen LogP contribution in [0.25, 0.3) is 32.9 Å². The van der Waals surface area contributed by atoms with Gasteiger partial charge >= 0.3 is 5.97 Å². The Labute approximate surface area is 227 Å². The van der Waals surface area contributed by atoms with Gasteiger partial charge in [-0.05, 0) is 35.9 Å². The van der Waals surface area contributed by atoms with E-state index in [4.69, 9.17) is 10.2 Å². The minimum atomic E-state index is -1.19. The predicted octanol–water partition coefficient (Wildman–Crippen LogP) is 2.81. The summed E-state index contributed by atoms with van der Waals surface area (Å²) in [4.78, 5) is 37.1. The maximum Gasteiger partial charge on any atom is 0.322 e. The van der Waals surface area contributed by atoms with E-state index in [1.165, 1.54) is 10.7 Å². The standard InChI is InChI=1S/C28H26FN7O4/c1-34(18-7-4-3-5-8-18)28-27-19(20-12-23-17(11-21(20)29)13-32-35(23)2)9-6-10-22(27)36(33-28)16-25(38)30-14-24(37)31-15-26(39)40/h3-13H,14-16H2,1-2H3,(H,30,38)(H,31,37)(H,39,40). The van der Waals surface area contributed by atoms with E-state index in [1.807, 2.05) is 48.3 Å². The molecule has 0 fully saturated rings. The van der Waals surface area contributed by atoms with Crippen LogP contribution in [0.3, 0.4) is 0 Å². The van der Waals surface area contributed by atoms with Crippen LogP contribution in [0.5, 0.6) is 0 Å². The molecule has 12 heteroatoms. The summed E-state index contributed by atoms with van der Waals surface area (Å²) in [6.07, 6.45) is 1.61. The minimum Gasteiger partial charge on any atom is -0.480 e. The molecule has 0 aliphatic rings. The lowest BCUT2D eigenvalue weighted by Crippen LogP contribution is -2.40. The Hall–Kier alpha value is -5.26. The van der Waals surface area contributed by atoms with Crippen molar-refractivity contribution in [2.75, 3.05) is 25.0 Å². The van der Waals surface area contributed by atoms with Gasteiger partial charge in [0.15, 0.2) is 5.82 Å². The number of fused-ring (bicyclic) bond motifs is 2. The second kappa shape index (κ2) is 10.8. The van der Waals surface area contributed by atoms with Crippen LogP contribution in [0.4, 0.5) is 15.9 Å². The summed E-state index contributed by atoms with van der Waals surface area (Å²) < 4.78 is 18.7. The molecule has 2 amide bonds. The quantitative estimate of drug-likeness (QED) is 0.260. The molecule has 0 spiro atoms. The van der Waals surface area contributed by atoms with Crippen LogP contribution in [0.15, 0.2) is 66.9 Å². The van der Waals surface area contributed by atoms with Crippen LogP contribution in [0.2, 0.25) is 0 Å². The van der Waals surface area contributed by atoms with Gasteiger partial charge in [0.05, 0.1) is 29.2 Å². The Bertz CT molecular complexity index is 1750. The molecule has 0 unspecified atom stereocenters. The predicted molar refractivity (Wildman–Crippen MR) is 148 cm³/mol. The van der Waals surface area contributed by atoms with Gasteiger partial charge in [0.2, 0.25) is 11.8 Å². The molecular weight excluding hydrogens is 517 g/mol. The number of amides is 2. The number of aliphatic carboxylic acids is 1. The van der Waals surface area contributed by atoms with Crippen molar-refractivity contribution in [1.29, 1.82) is 0 Å². The summed E-state index contributed by atoms with van der Waals surface area (Å²) in [6.45, 7) is -1.15. The van der Waals surface area contributed by atoms with Crippen LogP contribution in [-0.4, -0.2) is 62.6 Å². The zero-order valence-corrected chi connectivity index (χ0v) is 21.8. The third-order valence-corrected chi connectivity index (χ3v) is 6.52. The van der Waals surface area contributed by atoms with E-state index in [0.29, 0.717) is 33.2 Å². The molecule has 3 aromatic carbocycles. The summed E-state index contributed by atoms with van der Waals surface area (Å²) in [5.74, 6) is -2.23. The van der Waals surface area contributed by atoms with Crippen molar-refractivity contribution in [3.63, 3.8) is 0 Å². The third kappa shape index (κ3) is 5.19. The van der Waals surface area contributed by atoms with Crippen LogP contribution >= 0.6 is 0 Å². The molecule has 0 saturated carbocycles. The van der Waals surface area contributed by atoms with E-state index < -0.39 is 30.1 Å². The van der Waals surface area contributed by atoms with Crippen molar-refractivity contribution in [2.24, 2.45) is 7.05 Å². The average Bonchev–Trinajstić information content (AvgIpc) is 3.50. The molecule has 0 aliphatic carbocycles. The van der Waals surface area contributed by atoms with Crippen molar-refractivity contribution >= 4 is 51.1 Å². The lowest BCUT2D eigenvalue weighted by atomic mass is 9.99. The fraction of sp³-hybridized carbons (Fsp3) is 0.179. The highest BCUT2D eigenvalue weighted by Gasteiger charge is 2.22. The van der Waals surface area contributed by atoms with Crippen molar-refractivity contribution in [3.8, 4) is 11.1 Å². The topological polar surface area (TPSA) is 134 Å². The number of rotatable bonds is 9. The van der Waals surface area contributed by atoms with E-state index in [9.17, 15) is 14.4 Å². The third-order valence-electron chi connectivity index (χ3n) is 6.52. The highest BCUT2D eigenvalue weighted by Crippen LogP contribution is 2.39. The highest BCUT2D eigenvalue weighted by molar-refractivity contribution is 6.05. The highest BCUT2D eigenvalue weighted by atomic mass is 19.1. The van der Waals surface area contributed by atoms with Gasteiger partial charge in [-0.3, -0.25) is 23.7 Å². The molecule has 0 radical (unpaired) electrons. The van der Waals surface area contributed by atoms with Crippen molar-refractivity contribution in [2.45, 2.75) is 6.54 Å². The number of carboxylic acid groups (broad SMARTS) is 1. The van der Waals surface area contributed by atoms with Gasteiger partial charge in [0.1, 0.15) is 18.9 Å². The van der Waals surface area contributed by atoms with Gasteiger partial charge in [0.25, 0.3) is 0 Å². The molecule has 2 aromatic heterocycles. The number of anilines is 2. The average molecular weight is 544 g/mol. The first kappa shape index (κ1) is 26.4. The van der Waals surface area contributed by atoms with E-state index in [1.54, 1.807) is 36.1 Å². The van der Waals surface area contributed by atoms with Crippen molar-refractivity contribution < 1.29 is 23.9 Å². The first-order chi connectivity index (χ1) is 19.2. The number of para-hydroxylation sites is 1. The van der Waals surface area contributed by atoms with Crippen molar-refractivity contribution in [1.82, 2.24) is 30.2 Å². The van der Waals surface area contributed by atoms with Gasteiger partial charge in [0, 0.05) is 30.7 Å². The second-order valence-corrected chi connectivity index (χ2v) is 9.18. The largest absolute Gasteiger partial charge is 0.480 e. The SMILES string of the molecule is CN(c1ccccc1)c1nn(CC(=O)NCC(=O)NCC(=O)O)c2cccc(-c3cc4c(cnn4C)cc3F)c12. The Balaban J connectivity index is 1.57. The molecule has 5 aromatic rings. The lowest BCUT2D eigenvalue weighted by Gasteiger charge is -2.18. The van der Waals surface area contributed by atoms with Gasteiger partial charge in [-0.15, -0.1) is 0 Å². The molecule has 0 bridgehead atoms. The van der Waals surface area contributed by atoms with E-state index in [-0.39, 0.29) is 13.1 Å². The number of aromatic nitrogens is 4. The molecule has 11 nitrogen and oxygen atoms in total. The molecule has 204 valence electrons. The molecule has 5 rings (SSSR count). The summed E-state index contributed by atoms with van der Waals surface area (Å²) in [5, 5.41) is 23.7. The molecular formula is C28H26FN7O4. The van der Waals surface area contributed by atoms with Crippen LogP contribution in [0, 0.1) is 5.82 Å². The molecule has 0 atom stereocenters. The zero-order valence-electron chi connectivity index (χ0n) is 21.8. The zero-order chi connectivity index (χ0) is 28.4. The minimum absolute atomic E-state index is 0.224.